The number of pyridine rings is 1. The lowest BCUT2D eigenvalue weighted by atomic mass is 10.1. The van der Waals surface area contributed by atoms with Gasteiger partial charge < -0.3 is 0 Å². The van der Waals surface area contributed by atoms with Crippen LogP contribution in [-0.4, -0.2) is 46.5 Å². The Balaban J connectivity index is 1.64. The lowest BCUT2D eigenvalue weighted by Gasteiger charge is -2.40. The molecule has 0 radical (unpaired) electrons. The van der Waals surface area contributed by atoms with Gasteiger partial charge in [0.2, 0.25) is 0 Å². The third kappa shape index (κ3) is 2.40. The molecule has 0 saturated carbocycles. The van der Waals surface area contributed by atoms with Crippen LogP contribution in [0.15, 0.2) is 18.3 Å². The molecule has 98 valence electrons. The molecule has 2 aliphatic rings. The van der Waals surface area contributed by atoms with Gasteiger partial charge in [0.25, 0.3) is 0 Å². The van der Waals surface area contributed by atoms with Crippen LogP contribution in [0.1, 0.15) is 25.3 Å². The molecule has 2 aliphatic heterocycles. The summed E-state index contributed by atoms with van der Waals surface area (Å²) in [4.78, 5) is 9.40. The average Bonchev–Trinajstić information content (AvgIpc) is 2.62. The fraction of sp³-hybridized carbons (Fsp3) is 0.643. The van der Waals surface area contributed by atoms with E-state index < -0.39 is 0 Å². The number of hydrogen-bond acceptors (Lipinski definition) is 3. The summed E-state index contributed by atoms with van der Waals surface area (Å²) in [5.41, 5.74) is 1.27. The van der Waals surface area contributed by atoms with Crippen LogP contribution in [0.25, 0.3) is 0 Å². The predicted molar refractivity (Wildman–Crippen MR) is 73.7 cm³/mol. The van der Waals surface area contributed by atoms with E-state index in [1.165, 1.54) is 38.0 Å². The molecular weight excluding hydrogens is 246 g/mol. The van der Waals surface area contributed by atoms with Gasteiger partial charge in [-0.05, 0) is 31.0 Å². The first kappa shape index (κ1) is 12.4. The van der Waals surface area contributed by atoms with Crippen molar-refractivity contribution in [1.29, 1.82) is 0 Å². The number of halogens is 1. The molecule has 2 atom stereocenters. The number of piperazine rings is 1. The smallest absolute Gasteiger partial charge is 0.129 e. The summed E-state index contributed by atoms with van der Waals surface area (Å²) < 4.78 is 0. The molecule has 3 heterocycles. The maximum Gasteiger partial charge on any atom is 0.129 e. The van der Waals surface area contributed by atoms with Crippen molar-refractivity contribution in [3.63, 3.8) is 0 Å². The minimum atomic E-state index is 0.578. The Morgan fingerprint density at radius 1 is 1.28 bits per heavy atom. The molecule has 3 nitrogen and oxygen atoms in total. The normalized spacial score (nSPS) is 28.8. The first-order valence-electron chi connectivity index (χ1n) is 6.85. The number of rotatable bonds is 3. The number of hydrogen-bond donors (Lipinski definition) is 0. The quantitative estimate of drug-likeness (QED) is 0.783. The van der Waals surface area contributed by atoms with E-state index in [0.29, 0.717) is 5.15 Å². The van der Waals surface area contributed by atoms with Crippen LogP contribution < -0.4 is 0 Å². The molecule has 0 amide bonds. The molecule has 0 aromatic carbocycles. The van der Waals surface area contributed by atoms with Crippen molar-refractivity contribution >= 4 is 11.6 Å². The summed E-state index contributed by atoms with van der Waals surface area (Å²) in [5, 5.41) is 0.578. The molecular formula is C14H20ClN3. The molecule has 0 spiro atoms. The maximum absolute atomic E-state index is 5.82. The standard InChI is InChI=1S/C14H20ClN3/c1-2-18-12-4-5-13(18)10-17(9-12)8-11-3-6-14(15)16-7-11/h3,6-7,12-13H,2,4-5,8-10H2,1H3. The monoisotopic (exact) mass is 265 g/mol. The zero-order chi connectivity index (χ0) is 12.5. The Hall–Kier alpha value is -0.640. The van der Waals surface area contributed by atoms with Crippen LogP contribution in [-0.2, 0) is 6.54 Å². The SMILES string of the molecule is CCN1C2CCC1CN(Cc1ccc(Cl)nc1)C2. The van der Waals surface area contributed by atoms with E-state index in [1.54, 1.807) is 0 Å². The highest BCUT2D eigenvalue weighted by atomic mass is 35.5. The summed E-state index contributed by atoms with van der Waals surface area (Å²) in [6, 6.07) is 5.51. The molecule has 1 aromatic heterocycles. The summed E-state index contributed by atoms with van der Waals surface area (Å²) in [5.74, 6) is 0. The van der Waals surface area contributed by atoms with Crippen LogP contribution >= 0.6 is 11.6 Å². The lowest BCUT2D eigenvalue weighted by molar-refractivity contribution is 0.0669. The first-order valence-corrected chi connectivity index (χ1v) is 7.22. The minimum absolute atomic E-state index is 0.578. The van der Waals surface area contributed by atoms with E-state index in [4.69, 9.17) is 11.6 Å². The van der Waals surface area contributed by atoms with Crippen molar-refractivity contribution in [1.82, 2.24) is 14.8 Å². The Bertz CT molecular complexity index is 392. The molecule has 2 bridgehead atoms. The Morgan fingerprint density at radius 3 is 2.56 bits per heavy atom. The van der Waals surface area contributed by atoms with Gasteiger partial charge in [-0.15, -0.1) is 0 Å². The van der Waals surface area contributed by atoms with Gasteiger partial charge in [0.05, 0.1) is 0 Å². The molecule has 0 aliphatic carbocycles. The maximum atomic E-state index is 5.82. The van der Waals surface area contributed by atoms with Gasteiger partial charge in [0, 0.05) is 37.9 Å². The molecule has 18 heavy (non-hydrogen) atoms. The van der Waals surface area contributed by atoms with Crippen molar-refractivity contribution in [2.24, 2.45) is 0 Å². The van der Waals surface area contributed by atoms with E-state index in [1.807, 2.05) is 12.3 Å². The zero-order valence-electron chi connectivity index (χ0n) is 10.8. The minimum Gasteiger partial charge on any atom is -0.296 e. The largest absolute Gasteiger partial charge is 0.296 e. The van der Waals surface area contributed by atoms with Crippen molar-refractivity contribution in [2.75, 3.05) is 19.6 Å². The number of fused-ring (bicyclic) bond motifs is 2. The van der Waals surface area contributed by atoms with Crippen LogP contribution in [0.5, 0.6) is 0 Å². The van der Waals surface area contributed by atoms with E-state index >= 15 is 0 Å². The molecule has 2 saturated heterocycles. The lowest BCUT2D eigenvalue weighted by Crippen LogP contribution is -2.53. The fourth-order valence-corrected chi connectivity index (χ4v) is 3.59. The van der Waals surface area contributed by atoms with Crippen LogP contribution in [0.3, 0.4) is 0 Å². The van der Waals surface area contributed by atoms with Crippen LogP contribution in [0.4, 0.5) is 0 Å². The molecule has 2 fully saturated rings. The highest BCUT2D eigenvalue weighted by Gasteiger charge is 2.38. The summed E-state index contributed by atoms with van der Waals surface area (Å²) >= 11 is 5.82. The number of aromatic nitrogens is 1. The molecule has 0 N–H and O–H groups in total. The third-order valence-electron chi connectivity index (χ3n) is 4.27. The van der Waals surface area contributed by atoms with Gasteiger partial charge in [0.15, 0.2) is 0 Å². The zero-order valence-corrected chi connectivity index (χ0v) is 11.6. The second-order valence-electron chi connectivity index (χ2n) is 5.40. The third-order valence-corrected chi connectivity index (χ3v) is 4.49. The van der Waals surface area contributed by atoms with Crippen molar-refractivity contribution in [3.8, 4) is 0 Å². The molecule has 4 heteroatoms. The van der Waals surface area contributed by atoms with E-state index in [2.05, 4.69) is 27.8 Å². The summed E-state index contributed by atoms with van der Waals surface area (Å²) in [6.07, 6.45) is 4.64. The summed E-state index contributed by atoms with van der Waals surface area (Å²) in [7, 11) is 0. The van der Waals surface area contributed by atoms with E-state index in [-0.39, 0.29) is 0 Å². The van der Waals surface area contributed by atoms with Crippen LogP contribution in [0.2, 0.25) is 5.15 Å². The Labute approximate surface area is 114 Å². The highest BCUT2D eigenvalue weighted by molar-refractivity contribution is 6.29. The second-order valence-corrected chi connectivity index (χ2v) is 5.79. The Morgan fingerprint density at radius 2 is 2.00 bits per heavy atom. The molecule has 2 unspecified atom stereocenters. The van der Waals surface area contributed by atoms with Gasteiger partial charge >= 0.3 is 0 Å². The fourth-order valence-electron chi connectivity index (χ4n) is 3.48. The Kier molecular flexibility index (Phi) is 3.55. The van der Waals surface area contributed by atoms with Gasteiger partial charge in [-0.3, -0.25) is 9.80 Å². The molecule has 3 rings (SSSR count). The average molecular weight is 266 g/mol. The number of nitrogens with zero attached hydrogens (tertiary/aromatic N) is 3. The van der Waals surface area contributed by atoms with Crippen molar-refractivity contribution in [3.05, 3.63) is 29.0 Å². The van der Waals surface area contributed by atoms with Gasteiger partial charge in [-0.1, -0.05) is 24.6 Å². The van der Waals surface area contributed by atoms with Gasteiger partial charge in [-0.25, -0.2) is 4.98 Å². The first-order chi connectivity index (χ1) is 8.76. The van der Waals surface area contributed by atoms with Gasteiger partial charge in [0.1, 0.15) is 5.15 Å². The van der Waals surface area contributed by atoms with Gasteiger partial charge in [-0.2, -0.15) is 0 Å². The number of likely N-dealkylation sites (N-methyl/N-ethyl adjacent to an activating group) is 1. The number of likely N-dealkylation sites (tertiary alicyclic amines) is 1. The predicted octanol–water partition coefficient (Wildman–Crippen LogP) is 2.40. The van der Waals surface area contributed by atoms with E-state index in [0.717, 1.165) is 18.6 Å². The topological polar surface area (TPSA) is 19.4 Å². The van der Waals surface area contributed by atoms with E-state index in [9.17, 15) is 0 Å². The summed E-state index contributed by atoms with van der Waals surface area (Å²) in [6.45, 7) is 6.89. The van der Waals surface area contributed by atoms with Crippen molar-refractivity contribution < 1.29 is 0 Å². The second kappa shape index (κ2) is 5.16. The van der Waals surface area contributed by atoms with Crippen molar-refractivity contribution in [2.45, 2.75) is 38.4 Å². The molecule has 1 aromatic rings. The van der Waals surface area contributed by atoms with Crippen LogP contribution in [0, 0.1) is 0 Å². The highest BCUT2D eigenvalue weighted by Crippen LogP contribution is 2.30.